The first kappa shape index (κ1) is 7.69. The van der Waals surface area contributed by atoms with Crippen LogP contribution >= 0.6 is 0 Å². The molecule has 0 fully saturated rings. The largest absolute Gasteiger partial charge is 0.463 e. The van der Waals surface area contributed by atoms with Crippen LogP contribution in [-0.2, 0) is 12.8 Å². The minimum absolute atomic E-state index is 0.763. The third-order valence-corrected chi connectivity index (χ3v) is 2.82. The van der Waals surface area contributed by atoms with Crippen LogP contribution < -0.4 is 5.32 Å². The molecule has 2 aliphatic rings. The number of fused-ring (bicyclic) bond motifs is 3. The summed E-state index contributed by atoms with van der Waals surface area (Å²) in [5.41, 5.74) is 2.85. The van der Waals surface area contributed by atoms with Crippen LogP contribution in [0.1, 0.15) is 23.5 Å². The topological polar surface area (TPSA) is 49.0 Å². The number of furan rings is 1. The van der Waals surface area contributed by atoms with Crippen LogP contribution in [0.4, 0.5) is 5.69 Å². The minimum atomic E-state index is 0.763. The predicted molar refractivity (Wildman–Crippen MR) is 52.8 cm³/mol. The number of rotatable bonds is 0. The summed E-state index contributed by atoms with van der Waals surface area (Å²) in [4.78, 5) is 0. The number of anilines is 1. The Balaban J connectivity index is 2.19. The summed E-state index contributed by atoms with van der Waals surface area (Å²) in [6, 6.07) is 2.22. The molecule has 0 radical (unpaired) electrons. The Hall–Kier alpha value is -1.69. The second kappa shape index (κ2) is 2.65. The van der Waals surface area contributed by atoms with Crippen molar-refractivity contribution in [2.75, 3.05) is 11.9 Å². The predicted octanol–water partition coefficient (Wildman–Crippen LogP) is 2.10. The Labute approximate surface area is 82.0 Å². The number of hydrogen-bond donors (Lipinski definition) is 1. The highest BCUT2D eigenvalue weighted by Crippen LogP contribution is 2.40. The van der Waals surface area contributed by atoms with Crippen LogP contribution in [0.15, 0.2) is 10.5 Å². The molecule has 0 atom stereocenters. The maximum absolute atomic E-state index is 8.95. The average molecular weight is 186 g/mol. The highest BCUT2D eigenvalue weighted by Gasteiger charge is 2.27. The van der Waals surface area contributed by atoms with E-state index in [-0.39, 0.29) is 0 Å². The molecule has 0 amide bonds. The van der Waals surface area contributed by atoms with Crippen LogP contribution in [0.25, 0.3) is 5.57 Å². The first-order valence-electron chi connectivity index (χ1n) is 4.89. The molecule has 3 heteroatoms. The van der Waals surface area contributed by atoms with E-state index in [0.29, 0.717) is 0 Å². The summed E-state index contributed by atoms with van der Waals surface area (Å²) >= 11 is 0. The molecule has 14 heavy (non-hydrogen) atoms. The molecule has 1 N–H and O–H groups in total. The van der Waals surface area contributed by atoms with Gasteiger partial charge in [0.15, 0.2) is 0 Å². The van der Waals surface area contributed by atoms with E-state index in [9.17, 15) is 0 Å². The zero-order valence-electron chi connectivity index (χ0n) is 7.76. The Bertz CT molecular complexity index is 462. The monoisotopic (exact) mass is 186 g/mol. The molecular weight excluding hydrogens is 176 g/mol. The number of hydrogen-bond acceptors (Lipinski definition) is 3. The number of nitrogens with one attached hydrogen (secondary N) is 1. The van der Waals surface area contributed by atoms with E-state index in [2.05, 4.69) is 11.4 Å². The van der Waals surface area contributed by atoms with Crippen molar-refractivity contribution in [3.8, 4) is 6.07 Å². The number of nitriles is 1. The zero-order valence-corrected chi connectivity index (χ0v) is 7.76. The molecule has 1 aromatic rings. The zero-order chi connectivity index (χ0) is 9.54. The lowest BCUT2D eigenvalue weighted by Crippen LogP contribution is -2.10. The van der Waals surface area contributed by atoms with Gasteiger partial charge in [-0.1, -0.05) is 6.08 Å². The van der Waals surface area contributed by atoms with Crippen molar-refractivity contribution in [3.05, 3.63) is 23.2 Å². The van der Waals surface area contributed by atoms with Crippen molar-refractivity contribution in [1.29, 1.82) is 5.26 Å². The van der Waals surface area contributed by atoms with Gasteiger partial charge in [0.05, 0.1) is 22.9 Å². The van der Waals surface area contributed by atoms with E-state index in [1.165, 1.54) is 0 Å². The second-order valence-electron chi connectivity index (χ2n) is 3.66. The van der Waals surface area contributed by atoms with Crippen molar-refractivity contribution >= 4 is 11.3 Å². The fourth-order valence-corrected chi connectivity index (χ4v) is 2.18. The molecule has 0 aromatic carbocycles. The van der Waals surface area contributed by atoms with Gasteiger partial charge in [-0.2, -0.15) is 5.26 Å². The second-order valence-corrected chi connectivity index (χ2v) is 3.66. The summed E-state index contributed by atoms with van der Waals surface area (Å²) in [6.07, 6.45) is 4.82. The summed E-state index contributed by atoms with van der Waals surface area (Å²) in [7, 11) is 0. The molecule has 2 heterocycles. The van der Waals surface area contributed by atoms with Crippen molar-refractivity contribution < 1.29 is 4.42 Å². The molecule has 0 saturated carbocycles. The summed E-state index contributed by atoms with van der Waals surface area (Å²) in [5, 5.41) is 12.3. The van der Waals surface area contributed by atoms with Crippen molar-refractivity contribution in [1.82, 2.24) is 0 Å². The Morgan fingerprint density at radius 1 is 1.43 bits per heavy atom. The molecule has 1 aliphatic heterocycles. The highest BCUT2D eigenvalue weighted by atomic mass is 16.3. The van der Waals surface area contributed by atoms with Gasteiger partial charge < -0.3 is 9.73 Å². The molecule has 0 bridgehead atoms. The molecular formula is C11H10N2O. The quantitative estimate of drug-likeness (QED) is 0.675. The lowest BCUT2D eigenvalue weighted by Gasteiger charge is -2.13. The molecule has 1 aliphatic carbocycles. The molecule has 1 aromatic heterocycles. The van der Waals surface area contributed by atoms with Crippen LogP contribution in [0.5, 0.6) is 0 Å². The van der Waals surface area contributed by atoms with Gasteiger partial charge in [-0.05, 0) is 6.42 Å². The normalized spacial score (nSPS) is 17.8. The number of allylic oxidation sites excluding steroid dienone is 2. The third-order valence-electron chi connectivity index (χ3n) is 2.82. The van der Waals surface area contributed by atoms with Crippen LogP contribution in [0.2, 0.25) is 0 Å². The minimum Gasteiger partial charge on any atom is -0.463 e. The fraction of sp³-hybridized carbons (Fsp3) is 0.364. The lowest BCUT2D eigenvalue weighted by molar-refractivity contribution is 0.468. The molecule has 0 unspecified atom stereocenters. The van der Waals surface area contributed by atoms with Crippen molar-refractivity contribution in [2.24, 2.45) is 0 Å². The van der Waals surface area contributed by atoms with Crippen molar-refractivity contribution in [2.45, 2.75) is 19.3 Å². The van der Waals surface area contributed by atoms with Gasteiger partial charge in [-0.15, -0.1) is 0 Å². The smallest absolute Gasteiger partial charge is 0.128 e. The lowest BCUT2D eigenvalue weighted by atomic mass is 10.1. The molecule has 3 nitrogen and oxygen atoms in total. The highest BCUT2D eigenvalue weighted by molar-refractivity contribution is 5.89. The molecule has 0 saturated heterocycles. The Morgan fingerprint density at radius 2 is 2.36 bits per heavy atom. The van der Waals surface area contributed by atoms with Gasteiger partial charge in [-0.3, -0.25) is 0 Å². The first-order chi connectivity index (χ1) is 6.90. The Morgan fingerprint density at radius 3 is 3.21 bits per heavy atom. The SMILES string of the molecule is N#CC1=CCc2oc3c(c21)NCCC3. The summed E-state index contributed by atoms with van der Waals surface area (Å²) in [6.45, 7) is 0.984. The molecule has 3 rings (SSSR count). The number of aryl methyl sites for hydroxylation is 1. The summed E-state index contributed by atoms with van der Waals surface area (Å²) in [5.74, 6) is 1.99. The Kier molecular flexibility index (Phi) is 1.45. The maximum Gasteiger partial charge on any atom is 0.128 e. The van der Waals surface area contributed by atoms with Crippen LogP contribution in [-0.4, -0.2) is 6.54 Å². The first-order valence-corrected chi connectivity index (χ1v) is 4.89. The van der Waals surface area contributed by atoms with Gasteiger partial charge >= 0.3 is 0 Å². The van der Waals surface area contributed by atoms with Gasteiger partial charge in [0.2, 0.25) is 0 Å². The van der Waals surface area contributed by atoms with E-state index in [1.807, 2.05) is 6.08 Å². The van der Waals surface area contributed by atoms with Crippen molar-refractivity contribution in [3.63, 3.8) is 0 Å². The van der Waals surface area contributed by atoms with Gasteiger partial charge in [0.1, 0.15) is 11.5 Å². The van der Waals surface area contributed by atoms with E-state index in [4.69, 9.17) is 9.68 Å². The van der Waals surface area contributed by atoms with E-state index in [0.717, 1.165) is 54.2 Å². The van der Waals surface area contributed by atoms with Crippen LogP contribution in [0.3, 0.4) is 0 Å². The summed E-state index contributed by atoms with van der Waals surface area (Å²) < 4.78 is 5.71. The van der Waals surface area contributed by atoms with Gasteiger partial charge in [0.25, 0.3) is 0 Å². The van der Waals surface area contributed by atoms with Gasteiger partial charge in [-0.25, -0.2) is 0 Å². The van der Waals surface area contributed by atoms with Crippen LogP contribution in [0, 0.1) is 11.3 Å². The maximum atomic E-state index is 8.95. The number of nitrogens with zero attached hydrogens (tertiary/aromatic N) is 1. The van der Waals surface area contributed by atoms with Gasteiger partial charge in [0, 0.05) is 19.4 Å². The van der Waals surface area contributed by atoms with E-state index in [1.54, 1.807) is 0 Å². The van der Waals surface area contributed by atoms with E-state index < -0.39 is 0 Å². The standard InChI is InChI=1S/C11H10N2O/c12-6-7-3-4-8-10(7)11-9(14-8)2-1-5-13-11/h3,13H,1-2,4-5H2. The third kappa shape index (κ3) is 0.856. The fourth-order valence-electron chi connectivity index (χ4n) is 2.18. The average Bonchev–Trinajstić information content (AvgIpc) is 2.75. The molecule has 0 spiro atoms. The molecule has 70 valence electrons. The van der Waals surface area contributed by atoms with E-state index >= 15 is 0 Å².